The van der Waals surface area contributed by atoms with Gasteiger partial charge in [-0.15, -0.1) is 0 Å². The standard InChI is InChI=1S/C14H13N3O6/c1-22-13(20)7-3-4-8(14(21)23-2)9(5-7)15-12(19)10-6-11(18)17-16-10/h3-6H,1-2H3,(H,15,19)(H2,16,17,18). The van der Waals surface area contributed by atoms with Gasteiger partial charge in [0.15, 0.2) is 0 Å². The van der Waals surface area contributed by atoms with E-state index >= 15 is 0 Å². The molecule has 1 aromatic heterocycles. The number of hydrogen-bond acceptors (Lipinski definition) is 6. The molecule has 3 N–H and O–H groups in total. The molecule has 0 fully saturated rings. The van der Waals surface area contributed by atoms with Crippen molar-refractivity contribution in [3.63, 3.8) is 0 Å². The van der Waals surface area contributed by atoms with Gasteiger partial charge in [0.25, 0.3) is 11.5 Å². The number of esters is 2. The van der Waals surface area contributed by atoms with Crippen LogP contribution in [-0.2, 0) is 9.47 Å². The third kappa shape index (κ3) is 3.46. The van der Waals surface area contributed by atoms with E-state index in [1.165, 1.54) is 32.4 Å². The molecule has 1 heterocycles. The lowest BCUT2D eigenvalue weighted by Gasteiger charge is -2.10. The summed E-state index contributed by atoms with van der Waals surface area (Å²) in [7, 11) is 2.39. The van der Waals surface area contributed by atoms with Crippen molar-refractivity contribution in [2.75, 3.05) is 19.5 Å². The van der Waals surface area contributed by atoms with E-state index in [0.717, 1.165) is 6.07 Å². The molecule has 1 amide bonds. The first-order valence-electron chi connectivity index (χ1n) is 6.36. The van der Waals surface area contributed by atoms with Gasteiger partial charge in [-0.3, -0.25) is 19.8 Å². The zero-order valence-electron chi connectivity index (χ0n) is 12.3. The van der Waals surface area contributed by atoms with Crippen LogP contribution in [0.3, 0.4) is 0 Å². The number of ether oxygens (including phenoxy) is 2. The lowest BCUT2D eigenvalue weighted by atomic mass is 10.1. The number of carbonyl (C=O) groups is 3. The van der Waals surface area contributed by atoms with Crippen LogP contribution in [0.1, 0.15) is 31.2 Å². The number of hydrogen-bond donors (Lipinski definition) is 3. The summed E-state index contributed by atoms with van der Waals surface area (Å²) in [6.07, 6.45) is 0. The molecule has 0 aliphatic heterocycles. The normalized spacial score (nSPS) is 10.0. The van der Waals surface area contributed by atoms with E-state index in [4.69, 9.17) is 0 Å². The van der Waals surface area contributed by atoms with E-state index in [9.17, 15) is 19.2 Å². The summed E-state index contributed by atoms with van der Waals surface area (Å²) in [5, 5.41) is 7.03. The molecule has 120 valence electrons. The Labute approximate surface area is 129 Å². The maximum atomic E-state index is 12.1. The molecular formula is C14H13N3O6. The lowest BCUT2D eigenvalue weighted by Crippen LogP contribution is -2.17. The van der Waals surface area contributed by atoms with Crippen LogP contribution >= 0.6 is 0 Å². The minimum atomic E-state index is -0.695. The number of carbonyl (C=O) groups excluding carboxylic acids is 3. The molecule has 0 atom stereocenters. The summed E-state index contributed by atoms with van der Waals surface area (Å²) < 4.78 is 9.22. The summed E-state index contributed by atoms with van der Waals surface area (Å²) in [6.45, 7) is 0. The fourth-order valence-electron chi connectivity index (χ4n) is 1.82. The minimum absolute atomic E-state index is 0.0331. The molecule has 0 unspecified atom stereocenters. The SMILES string of the molecule is COC(=O)c1ccc(C(=O)OC)c(NC(=O)c2cc(=O)[nH][nH]2)c1. The number of benzene rings is 1. The fourth-order valence-corrected chi connectivity index (χ4v) is 1.82. The highest BCUT2D eigenvalue weighted by Gasteiger charge is 2.18. The number of aromatic nitrogens is 2. The van der Waals surface area contributed by atoms with Crippen molar-refractivity contribution >= 4 is 23.5 Å². The number of nitrogens with one attached hydrogen (secondary N) is 3. The van der Waals surface area contributed by atoms with Crippen molar-refractivity contribution in [1.29, 1.82) is 0 Å². The highest BCUT2D eigenvalue weighted by atomic mass is 16.5. The average molecular weight is 319 g/mol. The van der Waals surface area contributed by atoms with E-state index in [0.29, 0.717) is 0 Å². The smallest absolute Gasteiger partial charge is 0.339 e. The largest absolute Gasteiger partial charge is 0.465 e. The van der Waals surface area contributed by atoms with Crippen molar-refractivity contribution in [3.05, 3.63) is 51.4 Å². The van der Waals surface area contributed by atoms with Gasteiger partial charge in [0.05, 0.1) is 31.0 Å². The van der Waals surface area contributed by atoms with Crippen LogP contribution < -0.4 is 10.9 Å². The molecule has 0 saturated carbocycles. The Morgan fingerprint density at radius 1 is 1.00 bits per heavy atom. The van der Waals surface area contributed by atoms with Gasteiger partial charge in [-0.25, -0.2) is 9.59 Å². The van der Waals surface area contributed by atoms with Crippen molar-refractivity contribution in [1.82, 2.24) is 10.2 Å². The lowest BCUT2D eigenvalue weighted by molar-refractivity contribution is 0.0587. The molecule has 9 heteroatoms. The van der Waals surface area contributed by atoms with Crippen LogP contribution in [0, 0.1) is 0 Å². The van der Waals surface area contributed by atoms with E-state index in [2.05, 4.69) is 25.0 Å². The Hall–Kier alpha value is -3.36. The van der Waals surface area contributed by atoms with Crippen molar-refractivity contribution in [3.8, 4) is 0 Å². The van der Waals surface area contributed by atoms with E-state index in [1.54, 1.807) is 0 Å². The Morgan fingerprint density at radius 3 is 2.26 bits per heavy atom. The van der Waals surface area contributed by atoms with E-state index in [1.807, 2.05) is 0 Å². The van der Waals surface area contributed by atoms with Crippen LogP contribution in [0.15, 0.2) is 29.1 Å². The highest BCUT2D eigenvalue weighted by molar-refractivity contribution is 6.08. The zero-order chi connectivity index (χ0) is 17.0. The summed E-state index contributed by atoms with van der Waals surface area (Å²) >= 11 is 0. The summed E-state index contributed by atoms with van der Waals surface area (Å²) in [6, 6.07) is 5.03. The maximum Gasteiger partial charge on any atom is 0.339 e. The van der Waals surface area contributed by atoms with E-state index in [-0.39, 0.29) is 22.5 Å². The Kier molecular flexibility index (Phi) is 4.60. The Balaban J connectivity index is 2.40. The maximum absolute atomic E-state index is 12.1. The van der Waals surface area contributed by atoms with Gasteiger partial charge in [-0.2, -0.15) is 0 Å². The second-order valence-electron chi connectivity index (χ2n) is 4.37. The molecule has 0 radical (unpaired) electrons. The third-order valence-electron chi connectivity index (χ3n) is 2.93. The summed E-state index contributed by atoms with van der Waals surface area (Å²) in [5.41, 5.74) is -0.280. The third-order valence-corrected chi connectivity index (χ3v) is 2.93. The Bertz CT molecular complexity index is 820. The molecule has 0 aliphatic carbocycles. The number of methoxy groups -OCH3 is 2. The summed E-state index contributed by atoms with van der Waals surface area (Å²) in [5.74, 6) is -2.00. The predicted octanol–water partition coefficient (Wildman–Crippen LogP) is 0.528. The molecule has 0 bridgehead atoms. The van der Waals surface area contributed by atoms with Gasteiger partial charge in [-0.05, 0) is 18.2 Å². The van der Waals surface area contributed by atoms with Crippen molar-refractivity contribution in [2.24, 2.45) is 0 Å². The zero-order valence-corrected chi connectivity index (χ0v) is 12.3. The van der Waals surface area contributed by atoms with Crippen LogP contribution in [0.5, 0.6) is 0 Å². The Morgan fingerprint density at radius 2 is 1.70 bits per heavy atom. The number of amides is 1. The molecule has 0 saturated heterocycles. The first-order valence-corrected chi connectivity index (χ1v) is 6.36. The van der Waals surface area contributed by atoms with Crippen LogP contribution in [0.4, 0.5) is 5.69 Å². The number of aromatic amines is 2. The number of rotatable bonds is 4. The van der Waals surface area contributed by atoms with Crippen molar-refractivity contribution in [2.45, 2.75) is 0 Å². The van der Waals surface area contributed by atoms with E-state index < -0.39 is 23.4 Å². The van der Waals surface area contributed by atoms with Crippen LogP contribution in [0.25, 0.3) is 0 Å². The van der Waals surface area contributed by atoms with Crippen LogP contribution in [-0.4, -0.2) is 42.3 Å². The van der Waals surface area contributed by atoms with Gasteiger partial charge in [0, 0.05) is 6.07 Å². The first kappa shape index (κ1) is 16.0. The van der Waals surface area contributed by atoms with Gasteiger partial charge >= 0.3 is 11.9 Å². The fraction of sp³-hybridized carbons (Fsp3) is 0.143. The molecule has 2 aromatic rings. The molecule has 2 rings (SSSR count). The van der Waals surface area contributed by atoms with Crippen LogP contribution in [0.2, 0.25) is 0 Å². The monoisotopic (exact) mass is 319 g/mol. The number of anilines is 1. The van der Waals surface area contributed by atoms with Crippen molar-refractivity contribution < 1.29 is 23.9 Å². The van der Waals surface area contributed by atoms with Gasteiger partial charge in [0.1, 0.15) is 5.69 Å². The molecule has 1 aromatic carbocycles. The minimum Gasteiger partial charge on any atom is -0.465 e. The van der Waals surface area contributed by atoms with Gasteiger partial charge < -0.3 is 14.8 Å². The molecular weight excluding hydrogens is 306 g/mol. The summed E-state index contributed by atoms with van der Waals surface area (Å²) in [4.78, 5) is 46.4. The first-order chi connectivity index (χ1) is 11.0. The van der Waals surface area contributed by atoms with Gasteiger partial charge in [-0.1, -0.05) is 0 Å². The average Bonchev–Trinajstić information content (AvgIpc) is 3.00. The topological polar surface area (TPSA) is 130 Å². The second kappa shape index (κ2) is 6.60. The molecule has 9 nitrogen and oxygen atoms in total. The number of H-pyrrole nitrogens is 2. The second-order valence-corrected chi connectivity index (χ2v) is 4.37. The molecule has 23 heavy (non-hydrogen) atoms. The quantitative estimate of drug-likeness (QED) is 0.705. The predicted molar refractivity (Wildman–Crippen MR) is 78.5 cm³/mol. The van der Waals surface area contributed by atoms with Gasteiger partial charge in [0.2, 0.25) is 0 Å². The highest BCUT2D eigenvalue weighted by Crippen LogP contribution is 2.20. The molecule has 0 aliphatic rings. The molecule has 0 spiro atoms.